The first-order valence-corrected chi connectivity index (χ1v) is 7.34. The topological polar surface area (TPSA) is 68.2 Å². The number of alkyl halides is 3. The van der Waals surface area contributed by atoms with Crippen LogP contribution in [-0.4, -0.2) is 16.3 Å². The highest BCUT2D eigenvalue weighted by Gasteiger charge is 2.32. The summed E-state index contributed by atoms with van der Waals surface area (Å²) in [5, 5.41) is 1.80. The second kappa shape index (κ2) is 7.10. The number of anilines is 1. The van der Waals surface area contributed by atoms with Gasteiger partial charge in [-0.05, 0) is 37.3 Å². The van der Waals surface area contributed by atoms with Crippen molar-refractivity contribution in [2.45, 2.75) is 19.6 Å². The Balaban J connectivity index is 2.19. The third kappa shape index (κ3) is 4.69. The molecule has 0 bridgehead atoms. The molecule has 0 atom stereocenters. The molecule has 1 aromatic carbocycles. The van der Waals surface area contributed by atoms with Crippen molar-refractivity contribution in [1.29, 1.82) is 0 Å². The van der Waals surface area contributed by atoms with Crippen LogP contribution in [0.3, 0.4) is 0 Å². The lowest BCUT2D eigenvalue weighted by atomic mass is 10.1. The minimum Gasteiger partial charge on any atom is -0.325 e. The maximum atomic E-state index is 12.8. The van der Waals surface area contributed by atoms with Crippen LogP contribution in [0.2, 0.25) is 5.02 Å². The number of nitrogens with zero attached hydrogens (tertiary/aromatic N) is 1. The second-order valence-electron chi connectivity index (χ2n) is 5.19. The highest BCUT2D eigenvalue weighted by Crippen LogP contribution is 2.29. The van der Waals surface area contributed by atoms with Crippen LogP contribution in [0.5, 0.6) is 0 Å². The zero-order valence-electron chi connectivity index (χ0n) is 12.9. The highest BCUT2D eigenvalue weighted by molar-refractivity contribution is 6.30. The number of Topliss-reactive ketones (excluding diaryl/α,β-unsaturated/α-hetero) is 1. The number of rotatable bonds is 4. The minimum absolute atomic E-state index is 0.150. The van der Waals surface area contributed by atoms with Crippen molar-refractivity contribution in [2.75, 3.05) is 5.32 Å². The van der Waals surface area contributed by atoms with Gasteiger partial charge in [-0.3, -0.25) is 14.4 Å². The molecule has 0 saturated heterocycles. The predicted octanol–water partition coefficient (Wildman–Crippen LogP) is 3.36. The molecule has 132 valence electrons. The van der Waals surface area contributed by atoms with E-state index in [0.717, 1.165) is 0 Å². The number of carbonyl (C=O) groups excluding carboxylic acids is 2. The molecule has 2 aromatic rings. The van der Waals surface area contributed by atoms with E-state index >= 15 is 0 Å². The molecule has 0 fully saturated rings. The molecule has 9 heteroatoms. The zero-order chi connectivity index (χ0) is 18.8. The summed E-state index contributed by atoms with van der Waals surface area (Å²) in [7, 11) is 0. The van der Waals surface area contributed by atoms with Crippen molar-refractivity contribution in [2.24, 2.45) is 0 Å². The lowest BCUT2D eigenvalue weighted by molar-refractivity contribution is -0.138. The maximum Gasteiger partial charge on any atom is 0.417 e. The van der Waals surface area contributed by atoms with E-state index < -0.39 is 34.8 Å². The van der Waals surface area contributed by atoms with E-state index in [1.165, 1.54) is 31.2 Å². The summed E-state index contributed by atoms with van der Waals surface area (Å²) < 4.78 is 38.9. The monoisotopic (exact) mass is 372 g/mol. The van der Waals surface area contributed by atoms with Crippen LogP contribution in [0.1, 0.15) is 22.8 Å². The molecular weight excluding hydrogens is 361 g/mol. The van der Waals surface area contributed by atoms with Gasteiger partial charge in [0.25, 0.3) is 5.56 Å². The van der Waals surface area contributed by atoms with Gasteiger partial charge >= 0.3 is 6.18 Å². The SMILES string of the molecule is CC(=O)c1ccc(NC(=O)Cn2cc(C(F)(F)F)cc(Cl)c2=O)cc1. The zero-order valence-corrected chi connectivity index (χ0v) is 13.6. The van der Waals surface area contributed by atoms with Gasteiger partial charge in [0, 0.05) is 17.4 Å². The molecule has 25 heavy (non-hydrogen) atoms. The fourth-order valence-electron chi connectivity index (χ4n) is 2.02. The number of hydrogen-bond acceptors (Lipinski definition) is 3. The average Bonchev–Trinajstić information content (AvgIpc) is 2.51. The quantitative estimate of drug-likeness (QED) is 0.837. The second-order valence-corrected chi connectivity index (χ2v) is 5.60. The van der Waals surface area contributed by atoms with E-state index in [2.05, 4.69) is 5.32 Å². The minimum atomic E-state index is -4.70. The number of aromatic nitrogens is 1. The number of carbonyl (C=O) groups is 2. The molecule has 5 nitrogen and oxygen atoms in total. The van der Waals surface area contributed by atoms with Gasteiger partial charge in [-0.25, -0.2) is 0 Å². The fraction of sp³-hybridized carbons (Fsp3) is 0.188. The molecule has 0 unspecified atom stereocenters. The van der Waals surface area contributed by atoms with E-state index in [-0.39, 0.29) is 5.78 Å². The Labute approximate surface area is 145 Å². The largest absolute Gasteiger partial charge is 0.417 e. The van der Waals surface area contributed by atoms with Crippen LogP contribution in [-0.2, 0) is 17.5 Å². The molecule has 2 rings (SSSR count). The lowest BCUT2D eigenvalue weighted by Gasteiger charge is -2.12. The van der Waals surface area contributed by atoms with Crippen LogP contribution in [0.4, 0.5) is 18.9 Å². The van der Waals surface area contributed by atoms with Crippen molar-refractivity contribution in [3.8, 4) is 0 Å². The molecule has 1 heterocycles. The van der Waals surface area contributed by atoms with Gasteiger partial charge in [-0.15, -0.1) is 0 Å². The number of amides is 1. The Bertz CT molecular complexity index is 874. The van der Waals surface area contributed by atoms with Gasteiger partial charge in [0.05, 0.1) is 5.56 Å². The van der Waals surface area contributed by atoms with Crippen LogP contribution in [0.25, 0.3) is 0 Å². The maximum absolute atomic E-state index is 12.8. The standard InChI is InChI=1S/C16H12ClF3N2O3/c1-9(23)10-2-4-12(5-3-10)21-14(24)8-22-7-11(16(18,19)20)6-13(17)15(22)25/h2-7H,8H2,1H3,(H,21,24). The van der Waals surface area contributed by atoms with E-state index in [1.54, 1.807) is 0 Å². The molecule has 0 aliphatic heterocycles. The molecule has 1 aromatic heterocycles. The van der Waals surface area contributed by atoms with Gasteiger partial charge in [0.15, 0.2) is 5.78 Å². The summed E-state index contributed by atoms with van der Waals surface area (Å²) >= 11 is 5.52. The van der Waals surface area contributed by atoms with Crippen molar-refractivity contribution in [1.82, 2.24) is 4.57 Å². The summed E-state index contributed by atoms with van der Waals surface area (Å²) in [6, 6.07) is 6.43. The summed E-state index contributed by atoms with van der Waals surface area (Å²) in [6.07, 6.45) is -4.16. The molecule has 0 aliphatic rings. The van der Waals surface area contributed by atoms with Crippen molar-refractivity contribution >= 4 is 29.0 Å². The summed E-state index contributed by atoms with van der Waals surface area (Å²) in [5.41, 5.74) is -1.26. The lowest BCUT2D eigenvalue weighted by Crippen LogP contribution is -2.29. The van der Waals surface area contributed by atoms with E-state index in [4.69, 9.17) is 11.6 Å². The van der Waals surface area contributed by atoms with Crippen LogP contribution in [0.15, 0.2) is 41.3 Å². The normalized spacial score (nSPS) is 11.2. The first kappa shape index (κ1) is 18.7. The van der Waals surface area contributed by atoms with Crippen molar-refractivity contribution in [3.63, 3.8) is 0 Å². The average molecular weight is 373 g/mol. The van der Waals surface area contributed by atoms with Crippen molar-refractivity contribution in [3.05, 3.63) is 63.0 Å². The molecule has 0 saturated carbocycles. The number of pyridine rings is 1. The van der Waals surface area contributed by atoms with E-state index in [0.29, 0.717) is 28.1 Å². The van der Waals surface area contributed by atoms with Gasteiger partial charge in [0.1, 0.15) is 11.6 Å². The van der Waals surface area contributed by atoms with E-state index in [9.17, 15) is 27.6 Å². The molecule has 1 N–H and O–H groups in total. The van der Waals surface area contributed by atoms with Crippen LogP contribution >= 0.6 is 11.6 Å². The Hall–Kier alpha value is -2.61. The molecular formula is C16H12ClF3N2O3. The van der Waals surface area contributed by atoms with Crippen LogP contribution in [0, 0.1) is 0 Å². The van der Waals surface area contributed by atoms with Crippen LogP contribution < -0.4 is 10.9 Å². The molecule has 0 spiro atoms. The third-order valence-corrected chi connectivity index (χ3v) is 3.53. The first-order chi connectivity index (χ1) is 11.6. The number of benzene rings is 1. The molecule has 1 amide bonds. The first-order valence-electron chi connectivity index (χ1n) is 6.96. The molecule has 0 aliphatic carbocycles. The van der Waals surface area contributed by atoms with Crippen molar-refractivity contribution < 1.29 is 22.8 Å². The van der Waals surface area contributed by atoms with Gasteiger partial charge < -0.3 is 9.88 Å². The van der Waals surface area contributed by atoms with E-state index in [1.807, 2.05) is 0 Å². The summed E-state index contributed by atoms with van der Waals surface area (Å²) in [6.45, 7) is 0.744. The Morgan fingerprint density at radius 2 is 1.80 bits per heavy atom. The number of nitrogens with one attached hydrogen (secondary N) is 1. The highest BCUT2D eigenvalue weighted by atomic mass is 35.5. The Morgan fingerprint density at radius 1 is 1.20 bits per heavy atom. The van der Waals surface area contributed by atoms with Gasteiger partial charge in [-0.2, -0.15) is 13.2 Å². The Morgan fingerprint density at radius 3 is 2.32 bits per heavy atom. The third-order valence-electron chi connectivity index (χ3n) is 3.26. The molecule has 0 radical (unpaired) electrons. The number of halogens is 4. The number of hydrogen-bond donors (Lipinski definition) is 1. The van der Waals surface area contributed by atoms with Gasteiger partial charge in [-0.1, -0.05) is 11.6 Å². The van der Waals surface area contributed by atoms with Gasteiger partial charge in [0.2, 0.25) is 5.91 Å². The Kier molecular flexibility index (Phi) is 5.32. The fourth-order valence-corrected chi connectivity index (χ4v) is 2.24. The predicted molar refractivity (Wildman–Crippen MR) is 85.8 cm³/mol. The summed E-state index contributed by atoms with van der Waals surface area (Å²) in [5.74, 6) is -0.865. The summed E-state index contributed by atoms with van der Waals surface area (Å²) in [4.78, 5) is 34.9. The number of ketones is 1. The smallest absolute Gasteiger partial charge is 0.325 e.